The van der Waals surface area contributed by atoms with Gasteiger partial charge >= 0.3 is 0 Å². The number of hydrogen-bond acceptors (Lipinski definition) is 3. The van der Waals surface area contributed by atoms with Gasteiger partial charge in [0.15, 0.2) is 0 Å². The van der Waals surface area contributed by atoms with Crippen LogP contribution in [-0.2, 0) is 4.74 Å². The third kappa shape index (κ3) is 4.14. The van der Waals surface area contributed by atoms with Crippen molar-refractivity contribution < 1.29 is 4.74 Å². The predicted octanol–water partition coefficient (Wildman–Crippen LogP) is 8.86. The van der Waals surface area contributed by atoms with E-state index in [0.717, 1.165) is 76.0 Å². The maximum atomic E-state index is 6.82. The fourth-order valence-corrected chi connectivity index (χ4v) is 16.2. The van der Waals surface area contributed by atoms with Crippen LogP contribution in [0, 0.1) is 47.3 Å². The van der Waals surface area contributed by atoms with Crippen molar-refractivity contribution in [2.24, 2.45) is 47.3 Å². The number of thioether (sulfide) groups is 1. The van der Waals surface area contributed by atoms with Gasteiger partial charge in [0.1, 0.15) is 0 Å². The maximum absolute atomic E-state index is 6.82. The second-order valence-electron chi connectivity index (χ2n) is 16.4. The molecule has 0 aromatic heterocycles. The lowest BCUT2D eigenvalue weighted by Crippen LogP contribution is -2.49. The Morgan fingerprint density at radius 1 is 0.462 bits per heavy atom. The van der Waals surface area contributed by atoms with Crippen LogP contribution in [0.1, 0.15) is 135 Å². The summed E-state index contributed by atoms with van der Waals surface area (Å²) in [6, 6.07) is 2.88. The van der Waals surface area contributed by atoms with Crippen LogP contribution >= 0.6 is 11.8 Å². The molecule has 2 nitrogen and oxygen atoms in total. The first-order chi connectivity index (χ1) is 19.3. The van der Waals surface area contributed by atoms with Crippen LogP contribution in [0.15, 0.2) is 0 Å². The summed E-state index contributed by atoms with van der Waals surface area (Å²) in [7, 11) is 0. The Labute approximate surface area is 243 Å². The van der Waals surface area contributed by atoms with Crippen LogP contribution in [0.4, 0.5) is 0 Å². The summed E-state index contributed by atoms with van der Waals surface area (Å²) in [6.45, 7) is 0. The molecule has 0 radical (unpaired) electrons. The fourth-order valence-electron chi connectivity index (χ4n) is 13.7. The lowest BCUT2D eigenvalue weighted by molar-refractivity contribution is -0.00335. The Bertz CT molecular complexity index is 887. The molecule has 0 N–H and O–H groups in total. The molecule has 9 fully saturated rings. The molecule has 0 aromatic carbocycles. The largest absolute Gasteiger partial charge is 0.374 e. The SMILES string of the molecule is C1CCC(N2C3CCCCC3C3CCC(C4CCCC5C6CCC7OC8CCCCC8C7C6SC45)CC32)CC1. The average Bonchev–Trinajstić information content (AvgIpc) is 3.66. The summed E-state index contributed by atoms with van der Waals surface area (Å²) in [6.07, 6.45) is 33.2. The molecule has 9 rings (SSSR count). The number of rotatable bonds is 2. The number of hydrogen-bond donors (Lipinski definition) is 0. The van der Waals surface area contributed by atoms with Crippen molar-refractivity contribution in [1.82, 2.24) is 4.90 Å². The summed E-state index contributed by atoms with van der Waals surface area (Å²) in [5.41, 5.74) is 0. The van der Waals surface area contributed by atoms with Crippen LogP contribution in [-0.4, -0.2) is 45.7 Å². The van der Waals surface area contributed by atoms with E-state index in [4.69, 9.17) is 4.74 Å². The maximum Gasteiger partial charge on any atom is 0.0621 e. The minimum Gasteiger partial charge on any atom is -0.374 e. The van der Waals surface area contributed by atoms with Crippen molar-refractivity contribution in [3.8, 4) is 0 Å². The van der Waals surface area contributed by atoms with Gasteiger partial charge in [-0.15, -0.1) is 0 Å². The molecular weight excluding hydrogens is 494 g/mol. The third-order valence-corrected chi connectivity index (χ3v) is 17.0. The molecule has 14 atom stereocenters. The zero-order valence-corrected chi connectivity index (χ0v) is 25.6. The van der Waals surface area contributed by atoms with Gasteiger partial charge in [0.2, 0.25) is 0 Å². The van der Waals surface area contributed by atoms with Gasteiger partial charge in [0.25, 0.3) is 0 Å². The van der Waals surface area contributed by atoms with E-state index < -0.39 is 0 Å². The monoisotopic (exact) mass is 551 g/mol. The van der Waals surface area contributed by atoms with Crippen LogP contribution in [0.2, 0.25) is 0 Å². The molecule has 3 heteroatoms. The highest BCUT2D eigenvalue weighted by Crippen LogP contribution is 2.64. The van der Waals surface area contributed by atoms with Gasteiger partial charge < -0.3 is 4.74 Å². The Morgan fingerprint density at radius 2 is 1.15 bits per heavy atom. The Hall–Kier alpha value is 0.270. The van der Waals surface area contributed by atoms with Gasteiger partial charge in [-0.1, -0.05) is 51.4 Å². The molecule has 0 amide bonds. The van der Waals surface area contributed by atoms with Gasteiger partial charge in [0, 0.05) is 34.5 Å². The minimum absolute atomic E-state index is 0.631. The van der Waals surface area contributed by atoms with Gasteiger partial charge in [-0.05, 0) is 125 Å². The van der Waals surface area contributed by atoms with Crippen molar-refractivity contribution in [1.29, 1.82) is 0 Å². The third-order valence-electron chi connectivity index (χ3n) is 15.0. The van der Waals surface area contributed by atoms with E-state index in [9.17, 15) is 0 Å². The second-order valence-corrected chi connectivity index (χ2v) is 17.7. The lowest BCUT2D eigenvalue weighted by atomic mass is 9.61. The van der Waals surface area contributed by atoms with E-state index in [1.807, 2.05) is 0 Å². The highest BCUT2D eigenvalue weighted by Gasteiger charge is 2.61. The molecular formula is C36H57NOS. The van der Waals surface area contributed by atoms with Gasteiger partial charge in [-0.25, -0.2) is 0 Å². The van der Waals surface area contributed by atoms with Gasteiger partial charge in [0.05, 0.1) is 12.2 Å². The summed E-state index contributed by atoms with van der Waals surface area (Å²) < 4.78 is 6.82. The molecule has 14 unspecified atom stereocenters. The molecule has 0 aromatic rings. The highest BCUT2D eigenvalue weighted by atomic mass is 32.2. The highest BCUT2D eigenvalue weighted by molar-refractivity contribution is 8.00. The quantitative estimate of drug-likeness (QED) is 0.340. The molecule has 0 bridgehead atoms. The first-order valence-electron chi connectivity index (χ1n) is 18.4. The summed E-state index contributed by atoms with van der Waals surface area (Å²) in [5.74, 6) is 8.14. The number of likely N-dealkylation sites (tertiary alicyclic amines) is 1. The van der Waals surface area contributed by atoms with Gasteiger partial charge in [-0.2, -0.15) is 11.8 Å². The predicted molar refractivity (Wildman–Crippen MR) is 162 cm³/mol. The summed E-state index contributed by atoms with van der Waals surface area (Å²) in [4.78, 5) is 3.28. The molecule has 9 aliphatic rings. The summed E-state index contributed by atoms with van der Waals surface area (Å²) in [5, 5.41) is 1.96. The van der Waals surface area contributed by atoms with Crippen molar-refractivity contribution in [3.05, 3.63) is 0 Å². The molecule has 3 saturated heterocycles. The van der Waals surface area contributed by atoms with E-state index in [0.29, 0.717) is 12.2 Å². The van der Waals surface area contributed by atoms with E-state index >= 15 is 0 Å². The van der Waals surface area contributed by atoms with E-state index in [-0.39, 0.29) is 0 Å². The summed E-state index contributed by atoms with van der Waals surface area (Å²) >= 11 is 2.59. The standard InChI is InChI=1S/C36H57NOS/c1-2-9-23(10-3-1)37-30-15-6-4-11-25(30)26-18-17-22(21-31(26)37)24-13-8-14-27-28-19-20-33-34(36(28)39-35(24)27)29-12-5-7-16-32(29)38-33/h22-36H,1-21H2. The average molecular weight is 552 g/mol. The number of nitrogens with zero attached hydrogens (tertiary/aromatic N) is 1. The first-order valence-corrected chi connectivity index (χ1v) is 19.4. The van der Waals surface area contributed by atoms with Crippen LogP contribution in [0.5, 0.6) is 0 Å². The molecule has 6 aliphatic carbocycles. The van der Waals surface area contributed by atoms with Crippen molar-refractivity contribution >= 4 is 11.8 Å². The second kappa shape index (κ2) is 10.5. The Balaban J connectivity index is 0.959. The van der Waals surface area contributed by atoms with E-state index in [2.05, 4.69) is 16.7 Å². The smallest absolute Gasteiger partial charge is 0.0621 e. The molecule has 6 saturated carbocycles. The molecule has 3 heterocycles. The van der Waals surface area contributed by atoms with Crippen molar-refractivity contribution in [2.75, 3.05) is 0 Å². The molecule has 39 heavy (non-hydrogen) atoms. The van der Waals surface area contributed by atoms with Crippen LogP contribution in [0.25, 0.3) is 0 Å². The van der Waals surface area contributed by atoms with Gasteiger partial charge in [-0.3, -0.25) is 4.90 Å². The van der Waals surface area contributed by atoms with Crippen molar-refractivity contribution in [3.63, 3.8) is 0 Å². The first kappa shape index (κ1) is 25.7. The zero-order valence-electron chi connectivity index (χ0n) is 24.8. The topological polar surface area (TPSA) is 12.5 Å². The molecule has 0 spiro atoms. The molecule has 3 aliphatic heterocycles. The normalized spacial score (nSPS) is 55.7. The minimum atomic E-state index is 0.631. The van der Waals surface area contributed by atoms with Crippen LogP contribution in [0.3, 0.4) is 0 Å². The Morgan fingerprint density at radius 3 is 2.08 bits per heavy atom. The fraction of sp³-hybridized carbons (Fsp3) is 1.00. The zero-order chi connectivity index (χ0) is 25.5. The van der Waals surface area contributed by atoms with Crippen LogP contribution < -0.4 is 0 Å². The van der Waals surface area contributed by atoms with E-state index in [1.165, 1.54) is 83.5 Å². The van der Waals surface area contributed by atoms with Crippen molar-refractivity contribution in [2.45, 2.75) is 176 Å². The number of ether oxygens (including phenoxy) is 1. The molecule has 218 valence electrons. The van der Waals surface area contributed by atoms with E-state index in [1.54, 1.807) is 51.4 Å². The number of fused-ring (bicyclic) bond motifs is 10. The lowest BCUT2D eigenvalue weighted by Gasteiger charge is -2.47. The Kier molecular flexibility index (Phi) is 6.91.